The molecule has 2 aliphatic rings. The Hall–Kier alpha value is -2.51. The number of benzene rings is 1. The Bertz CT molecular complexity index is 1090. The molecular weight excluding hydrogens is 406 g/mol. The molecule has 0 bridgehead atoms. The van der Waals surface area contributed by atoms with Crippen LogP contribution in [0.1, 0.15) is 47.1 Å². The van der Waals surface area contributed by atoms with Crippen molar-refractivity contribution in [3.63, 3.8) is 0 Å². The number of piperazine rings is 1. The number of amides is 1. The number of anilines is 1. The van der Waals surface area contributed by atoms with Gasteiger partial charge in [0.2, 0.25) is 5.91 Å². The highest BCUT2D eigenvalue weighted by molar-refractivity contribution is 7.19. The molecule has 1 saturated heterocycles. The first-order chi connectivity index (χ1) is 15.1. The Kier molecular flexibility index (Phi) is 5.63. The Labute approximate surface area is 187 Å². The van der Waals surface area contributed by atoms with Gasteiger partial charge in [-0.1, -0.05) is 36.8 Å². The van der Waals surface area contributed by atoms with Crippen molar-refractivity contribution >= 4 is 33.3 Å². The van der Waals surface area contributed by atoms with Crippen LogP contribution in [-0.4, -0.2) is 47.0 Å². The van der Waals surface area contributed by atoms with Gasteiger partial charge < -0.3 is 10.6 Å². The molecule has 1 aliphatic carbocycles. The van der Waals surface area contributed by atoms with Gasteiger partial charge >= 0.3 is 0 Å². The average Bonchev–Trinajstić information content (AvgIpc) is 2.95. The van der Waals surface area contributed by atoms with Gasteiger partial charge in [0.05, 0.1) is 5.39 Å². The monoisotopic (exact) mass is 435 g/mol. The van der Waals surface area contributed by atoms with Crippen LogP contribution in [0.25, 0.3) is 10.2 Å². The third-order valence-electron chi connectivity index (χ3n) is 6.52. The number of aromatic nitrogens is 2. The van der Waals surface area contributed by atoms with Crippen LogP contribution in [0.15, 0.2) is 30.3 Å². The van der Waals surface area contributed by atoms with E-state index in [2.05, 4.69) is 9.80 Å². The SMILES string of the molecule is Cc1nc(N2CCN(C(C(N)=O)c3ccccc3)CC2)c2c3c(sc2n1)CCCCC3. The molecule has 0 spiro atoms. The van der Waals surface area contributed by atoms with Crippen molar-refractivity contribution in [1.29, 1.82) is 0 Å². The summed E-state index contributed by atoms with van der Waals surface area (Å²) < 4.78 is 0. The van der Waals surface area contributed by atoms with E-state index in [1.807, 2.05) is 48.6 Å². The highest BCUT2D eigenvalue weighted by Gasteiger charge is 2.31. The minimum Gasteiger partial charge on any atom is -0.368 e. The zero-order valence-electron chi connectivity index (χ0n) is 18.0. The second-order valence-corrected chi connectivity index (χ2v) is 9.66. The molecule has 2 aromatic heterocycles. The third kappa shape index (κ3) is 3.92. The molecule has 0 saturated carbocycles. The lowest BCUT2D eigenvalue weighted by molar-refractivity contribution is -0.123. The summed E-state index contributed by atoms with van der Waals surface area (Å²) in [4.78, 5) is 29.2. The van der Waals surface area contributed by atoms with Gasteiger partial charge in [-0.05, 0) is 43.7 Å². The number of aryl methyl sites for hydroxylation is 3. The van der Waals surface area contributed by atoms with E-state index in [0.717, 1.165) is 54.6 Å². The molecule has 5 rings (SSSR count). The van der Waals surface area contributed by atoms with E-state index in [0.29, 0.717) is 0 Å². The van der Waals surface area contributed by atoms with E-state index in [1.165, 1.54) is 41.5 Å². The summed E-state index contributed by atoms with van der Waals surface area (Å²) in [6.45, 7) is 5.20. The molecule has 1 unspecified atom stereocenters. The molecule has 1 aliphatic heterocycles. The number of nitrogens with two attached hydrogens (primary N) is 1. The van der Waals surface area contributed by atoms with Gasteiger partial charge in [0.15, 0.2) is 0 Å². The van der Waals surface area contributed by atoms with Crippen LogP contribution >= 0.6 is 11.3 Å². The van der Waals surface area contributed by atoms with Gasteiger partial charge in [-0.3, -0.25) is 9.69 Å². The quantitative estimate of drug-likeness (QED) is 0.634. The molecule has 1 aromatic carbocycles. The second kappa shape index (κ2) is 8.55. The summed E-state index contributed by atoms with van der Waals surface area (Å²) in [5, 5.41) is 1.27. The zero-order chi connectivity index (χ0) is 21.4. The molecule has 2 N–H and O–H groups in total. The number of primary amides is 1. The van der Waals surface area contributed by atoms with E-state index in [-0.39, 0.29) is 11.9 Å². The van der Waals surface area contributed by atoms with Crippen LogP contribution in [0.2, 0.25) is 0 Å². The summed E-state index contributed by atoms with van der Waals surface area (Å²) >= 11 is 1.86. The molecule has 3 heterocycles. The number of carbonyl (C=O) groups excluding carboxylic acids is 1. The first-order valence-electron chi connectivity index (χ1n) is 11.2. The van der Waals surface area contributed by atoms with E-state index < -0.39 is 0 Å². The number of fused-ring (bicyclic) bond motifs is 3. The van der Waals surface area contributed by atoms with Crippen molar-refractivity contribution < 1.29 is 4.79 Å². The van der Waals surface area contributed by atoms with Gasteiger partial charge in [-0.15, -0.1) is 11.3 Å². The molecule has 1 amide bonds. The molecular formula is C24H29N5OS. The lowest BCUT2D eigenvalue weighted by atomic mass is 10.0. The Morgan fingerprint density at radius 1 is 1.03 bits per heavy atom. The van der Waals surface area contributed by atoms with Gasteiger partial charge in [0.1, 0.15) is 22.5 Å². The smallest absolute Gasteiger partial charge is 0.239 e. The maximum absolute atomic E-state index is 12.3. The normalized spacial score (nSPS) is 18.5. The van der Waals surface area contributed by atoms with E-state index in [4.69, 9.17) is 15.7 Å². The fraction of sp³-hybridized carbons (Fsp3) is 0.458. The molecule has 31 heavy (non-hydrogen) atoms. The van der Waals surface area contributed by atoms with Crippen LogP contribution in [-0.2, 0) is 17.6 Å². The van der Waals surface area contributed by atoms with Gasteiger partial charge in [0, 0.05) is 31.1 Å². The molecule has 162 valence electrons. The number of rotatable bonds is 4. The van der Waals surface area contributed by atoms with Gasteiger partial charge in [0.25, 0.3) is 0 Å². The topological polar surface area (TPSA) is 75.3 Å². The summed E-state index contributed by atoms with van der Waals surface area (Å²) in [7, 11) is 0. The summed E-state index contributed by atoms with van der Waals surface area (Å²) in [6, 6.07) is 9.48. The zero-order valence-corrected chi connectivity index (χ0v) is 18.8. The molecule has 3 aromatic rings. The second-order valence-electron chi connectivity index (χ2n) is 8.58. The van der Waals surface area contributed by atoms with Gasteiger partial charge in [-0.2, -0.15) is 0 Å². The summed E-state index contributed by atoms with van der Waals surface area (Å²) in [5.74, 6) is 1.63. The molecule has 1 atom stereocenters. The van der Waals surface area contributed by atoms with Crippen molar-refractivity contribution in [1.82, 2.24) is 14.9 Å². The highest BCUT2D eigenvalue weighted by Crippen LogP contribution is 2.39. The Balaban J connectivity index is 1.43. The number of hydrogen-bond donors (Lipinski definition) is 1. The Morgan fingerprint density at radius 3 is 2.52 bits per heavy atom. The predicted molar refractivity (Wildman–Crippen MR) is 126 cm³/mol. The maximum Gasteiger partial charge on any atom is 0.239 e. The highest BCUT2D eigenvalue weighted by atomic mass is 32.1. The number of hydrogen-bond acceptors (Lipinski definition) is 6. The first-order valence-corrected chi connectivity index (χ1v) is 12.1. The van der Waals surface area contributed by atoms with E-state index in [1.54, 1.807) is 0 Å². The average molecular weight is 436 g/mol. The summed E-state index contributed by atoms with van der Waals surface area (Å²) in [5.41, 5.74) is 8.25. The lowest BCUT2D eigenvalue weighted by Crippen LogP contribution is -2.50. The largest absolute Gasteiger partial charge is 0.368 e. The van der Waals surface area contributed by atoms with Crippen LogP contribution < -0.4 is 10.6 Å². The first kappa shape index (κ1) is 20.4. The van der Waals surface area contributed by atoms with Gasteiger partial charge in [-0.25, -0.2) is 9.97 Å². The van der Waals surface area contributed by atoms with Crippen molar-refractivity contribution in [2.45, 2.75) is 45.1 Å². The van der Waals surface area contributed by atoms with Crippen molar-refractivity contribution in [2.75, 3.05) is 31.1 Å². The molecule has 7 heteroatoms. The Morgan fingerprint density at radius 2 is 1.77 bits per heavy atom. The predicted octanol–water partition coefficient (Wildman–Crippen LogP) is 3.62. The van der Waals surface area contributed by atoms with Crippen LogP contribution in [0.4, 0.5) is 5.82 Å². The maximum atomic E-state index is 12.3. The summed E-state index contributed by atoms with van der Waals surface area (Å²) in [6.07, 6.45) is 6.12. The van der Waals surface area contributed by atoms with E-state index in [9.17, 15) is 4.79 Å². The number of thiophene rings is 1. The molecule has 6 nitrogen and oxygen atoms in total. The number of carbonyl (C=O) groups is 1. The van der Waals surface area contributed by atoms with Crippen LogP contribution in [0.3, 0.4) is 0 Å². The fourth-order valence-corrected chi connectivity index (χ4v) is 6.33. The fourth-order valence-electron chi connectivity index (χ4n) is 5.03. The van der Waals surface area contributed by atoms with E-state index >= 15 is 0 Å². The number of nitrogens with zero attached hydrogens (tertiary/aromatic N) is 4. The van der Waals surface area contributed by atoms with Crippen LogP contribution in [0.5, 0.6) is 0 Å². The van der Waals surface area contributed by atoms with Crippen LogP contribution in [0, 0.1) is 6.92 Å². The van der Waals surface area contributed by atoms with Crippen molar-refractivity contribution in [3.8, 4) is 0 Å². The minimum absolute atomic E-state index is 0.289. The molecule has 1 fully saturated rings. The standard InChI is InChI=1S/C24H29N5OS/c1-16-26-23(20-18-10-6-3-7-11-19(18)31-24(20)27-16)29-14-12-28(13-15-29)21(22(25)30)17-8-4-2-5-9-17/h2,4-5,8-9,21H,3,6-7,10-15H2,1H3,(H2,25,30). The lowest BCUT2D eigenvalue weighted by Gasteiger charge is -2.39. The minimum atomic E-state index is -0.382. The third-order valence-corrected chi connectivity index (χ3v) is 7.71. The van der Waals surface area contributed by atoms with Crippen molar-refractivity contribution in [2.24, 2.45) is 5.73 Å². The van der Waals surface area contributed by atoms with Crippen molar-refractivity contribution in [3.05, 3.63) is 52.2 Å². The molecule has 0 radical (unpaired) electrons.